The summed E-state index contributed by atoms with van der Waals surface area (Å²) in [6.07, 6.45) is 2.03. The predicted octanol–water partition coefficient (Wildman–Crippen LogP) is 5.02. The lowest BCUT2D eigenvalue weighted by Crippen LogP contribution is -2.19. The Hall–Kier alpha value is -2.71. The van der Waals surface area contributed by atoms with E-state index in [4.69, 9.17) is 11.6 Å². The van der Waals surface area contributed by atoms with Crippen molar-refractivity contribution >= 4 is 55.6 Å². The number of rotatable bonds is 4. The van der Waals surface area contributed by atoms with E-state index < -0.39 is 10.8 Å². The lowest BCUT2D eigenvalue weighted by molar-refractivity contribution is -0.384. The minimum absolute atomic E-state index is 0.0544. The first-order valence-corrected chi connectivity index (χ1v) is 10.0. The van der Waals surface area contributed by atoms with E-state index >= 15 is 0 Å². The summed E-state index contributed by atoms with van der Waals surface area (Å²) in [5.41, 5.74) is 2.36. The fourth-order valence-electron chi connectivity index (χ4n) is 3.31. The third-order valence-corrected chi connectivity index (χ3v) is 6.11. The Morgan fingerprint density at radius 1 is 1.29 bits per heavy atom. The van der Waals surface area contributed by atoms with Crippen molar-refractivity contribution in [3.63, 3.8) is 0 Å². The monoisotopic (exact) mass is 416 g/mol. The fraction of sp³-hybridized carbons (Fsp3) is 0.263. The molecule has 144 valence electrons. The molecule has 0 radical (unpaired) electrons. The third kappa shape index (κ3) is 3.53. The minimum atomic E-state index is -0.438. The Kier molecular flexibility index (Phi) is 4.91. The van der Waals surface area contributed by atoms with Gasteiger partial charge in [0.05, 0.1) is 15.1 Å². The fourth-order valence-corrected chi connectivity index (χ4v) is 4.41. The summed E-state index contributed by atoms with van der Waals surface area (Å²) in [5, 5.41) is 15.3. The summed E-state index contributed by atoms with van der Waals surface area (Å²) in [4.78, 5) is 30.1. The number of nitro groups is 1. The molecule has 3 aromatic rings. The maximum atomic E-state index is 12.6. The van der Waals surface area contributed by atoms with Gasteiger partial charge in [-0.25, -0.2) is 4.98 Å². The van der Waals surface area contributed by atoms with Gasteiger partial charge in [-0.3, -0.25) is 20.2 Å². The summed E-state index contributed by atoms with van der Waals surface area (Å²) < 4.78 is 0.910. The Morgan fingerprint density at radius 3 is 2.75 bits per heavy atom. The van der Waals surface area contributed by atoms with Gasteiger partial charge < -0.3 is 4.90 Å². The molecule has 1 N–H and O–H groups in total. The van der Waals surface area contributed by atoms with Crippen molar-refractivity contribution in [2.75, 3.05) is 23.3 Å². The number of nitrogens with zero attached hydrogens (tertiary/aromatic N) is 3. The smallest absolute Gasteiger partial charge is 0.293 e. The van der Waals surface area contributed by atoms with Gasteiger partial charge in [-0.15, -0.1) is 0 Å². The average molecular weight is 417 g/mol. The number of nitrogens with one attached hydrogen (secondary N) is 1. The largest absolute Gasteiger partial charge is 0.366 e. The van der Waals surface area contributed by atoms with E-state index in [-0.39, 0.29) is 11.3 Å². The van der Waals surface area contributed by atoms with Crippen molar-refractivity contribution in [1.82, 2.24) is 4.98 Å². The molecule has 1 amide bonds. The second-order valence-electron chi connectivity index (χ2n) is 6.70. The van der Waals surface area contributed by atoms with Crippen molar-refractivity contribution in [3.05, 3.63) is 56.6 Å². The van der Waals surface area contributed by atoms with Crippen molar-refractivity contribution in [3.8, 4) is 0 Å². The van der Waals surface area contributed by atoms with Crippen LogP contribution < -0.4 is 10.2 Å². The molecule has 0 saturated carbocycles. The maximum Gasteiger partial charge on any atom is 0.293 e. The van der Waals surface area contributed by atoms with Crippen LogP contribution in [0.5, 0.6) is 0 Å². The Bertz CT molecular complexity index is 1050. The summed E-state index contributed by atoms with van der Waals surface area (Å²) in [6.45, 7) is 3.49. The van der Waals surface area contributed by atoms with Gasteiger partial charge in [-0.2, -0.15) is 0 Å². The van der Waals surface area contributed by atoms with Gasteiger partial charge >= 0.3 is 0 Å². The van der Waals surface area contributed by atoms with Crippen molar-refractivity contribution in [1.29, 1.82) is 0 Å². The molecule has 1 aromatic heterocycles. The highest BCUT2D eigenvalue weighted by molar-refractivity contribution is 7.22. The zero-order chi connectivity index (χ0) is 19.8. The van der Waals surface area contributed by atoms with Crippen LogP contribution in [0.15, 0.2) is 30.3 Å². The summed E-state index contributed by atoms with van der Waals surface area (Å²) in [7, 11) is 0. The summed E-state index contributed by atoms with van der Waals surface area (Å²) in [6, 6.07) is 8.27. The van der Waals surface area contributed by atoms with Crippen LogP contribution in [0.3, 0.4) is 0 Å². The highest BCUT2D eigenvalue weighted by Gasteiger charge is 2.24. The second kappa shape index (κ2) is 7.37. The number of amides is 1. The van der Waals surface area contributed by atoms with Crippen molar-refractivity contribution in [2.45, 2.75) is 19.8 Å². The molecule has 7 nitrogen and oxygen atoms in total. The van der Waals surface area contributed by atoms with Crippen LogP contribution in [0.2, 0.25) is 5.02 Å². The van der Waals surface area contributed by atoms with Crippen molar-refractivity contribution < 1.29 is 9.72 Å². The number of anilines is 2. The van der Waals surface area contributed by atoms with Gasteiger partial charge in [-0.05, 0) is 49.6 Å². The molecule has 4 rings (SSSR count). The number of carbonyl (C=O) groups excluding carboxylic acids is 1. The minimum Gasteiger partial charge on any atom is -0.366 e. The zero-order valence-corrected chi connectivity index (χ0v) is 16.6. The molecule has 1 aliphatic rings. The third-order valence-electron chi connectivity index (χ3n) is 4.77. The molecule has 2 heterocycles. The van der Waals surface area contributed by atoms with Gasteiger partial charge in [0, 0.05) is 29.7 Å². The number of nitro benzene ring substituents is 1. The maximum absolute atomic E-state index is 12.6. The first kappa shape index (κ1) is 18.6. The molecule has 1 aliphatic heterocycles. The molecule has 28 heavy (non-hydrogen) atoms. The molecular formula is C19H17ClN4O3S. The van der Waals surface area contributed by atoms with Gasteiger partial charge in [-0.1, -0.05) is 22.9 Å². The molecule has 0 bridgehead atoms. The number of aromatic nitrogens is 1. The first-order chi connectivity index (χ1) is 13.4. The first-order valence-electron chi connectivity index (χ1n) is 8.84. The lowest BCUT2D eigenvalue weighted by atomic mass is 10.1. The molecule has 0 spiro atoms. The highest BCUT2D eigenvalue weighted by Crippen LogP contribution is 2.33. The number of fused-ring (bicyclic) bond motifs is 1. The Morgan fingerprint density at radius 2 is 2.04 bits per heavy atom. The standard InChI is InChI=1S/C19H17ClN4O3S/c1-11-8-17-14(10-13(11)20)21-19(28-17)22-18(25)12-4-5-15(16(9-12)24(26)27)23-6-2-3-7-23/h4-5,8-10H,2-3,6-7H2,1H3,(H,21,22,25). The van der Waals surface area contributed by atoms with E-state index in [0.717, 1.165) is 36.2 Å². The van der Waals surface area contributed by atoms with E-state index in [0.29, 0.717) is 21.4 Å². The van der Waals surface area contributed by atoms with Gasteiger partial charge in [0.2, 0.25) is 0 Å². The molecule has 0 atom stereocenters. The number of benzene rings is 2. The molecule has 0 unspecified atom stereocenters. The number of hydrogen-bond donors (Lipinski definition) is 1. The Balaban J connectivity index is 1.61. The number of thiazole rings is 1. The quantitative estimate of drug-likeness (QED) is 0.476. The van der Waals surface area contributed by atoms with Crippen molar-refractivity contribution in [2.24, 2.45) is 0 Å². The average Bonchev–Trinajstić information content (AvgIpc) is 3.31. The predicted molar refractivity (Wildman–Crippen MR) is 112 cm³/mol. The van der Waals surface area contributed by atoms with Crippen LogP contribution in [0.1, 0.15) is 28.8 Å². The molecular weight excluding hydrogens is 400 g/mol. The molecule has 2 aromatic carbocycles. The van der Waals surface area contributed by atoms with Crippen LogP contribution in [0.4, 0.5) is 16.5 Å². The van der Waals surface area contributed by atoms with E-state index in [1.165, 1.54) is 17.4 Å². The number of halogens is 1. The van der Waals surface area contributed by atoms with Crippen LogP contribution in [0.25, 0.3) is 10.2 Å². The Labute approximate surface area is 170 Å². The van der Waals surface area contributed by atoms with Gasteiger partial charge in [0.15, 0.2) is 5.13 Å². The normalized spacial score (nSPS) is 13.9. The van der Waals surface area contributed by atoms with E-state index in [1.54, 1.807) is 18.2 Å². The second-order valence-corrected chi connectivity index (χ2v) is 8.13. The van der Waals surface area contributed by atoms with Crippen LogP contribution >= 0.6 is 22.9 Å². The summed E-state index contributed by atoms with van der Waals surface area (Å²) in [5.74, 6) is -0.432. The SMILES string of the molecule is Cc1cc2sc(NC(=O)c3ccc(N4CCCC4)c([N+](=O)[O-])c3)nc2cc1Cl. The molecule has 1 saturated heterocycles. The molecule has 9 heteroatoms. The number of carbonyl (C=O) groups is 1. The number of hydrogen-bond acceptors (Lipinski definition) is 6. The molecule has 1 fully saturated rings. The van der Waals surface area contributed by atoms with Crippen LogP contribution in [-0.4, -0.2) is 28.9 Å². The van der Waals surface area contributed by atoms with E-state index in [1.807, 2.05) is 17.9 Å². The van der Waals surface area contributed by atoms with Gasteiger partial charge in [0.25, 0.3) is 11.6 Å². The van der Waals surface area contributed by atoms with Crippen LogP contribution in [-0.2, 0) is 0 Å². The van der Waals surface area contributed by atoms with E-state index in [2.05, 4.69) is 10.3 Å². The zero-order valence-electron chi connectivity index (χ0n) is 15.1. The summed E-state index contributed by atoms with van der Waals surface area (Å²) >= 11 is 7.46. The van der Waals surface area contributed by atoms with E-state index in [9.17, 15) is 14.9 Å². The topological polar surface area (TPSA) is 88.4 Å². The molecule has 0 aliphatic carbocycles. The highest BCUT2D eigenvalue weighted by atomic mass is 35.5. The van der Waals surface area contributed by atoms with Crippen LogP contribution in [0, 0.1) is 17.0 Å². The number of aryl methyl sites for hydroxylation is 1. The lowest BCUT2D eigenvalue weighted by Gasteiger charge is -2.17. The van der Waals surface area contributed by atoms with Gasteiger partial charge in [0.1, 0.15) is 5.69 Å².